The highest BCUT2D eigenvalue weighted by Gasteiger charge is 2.10. The fraction of sp³-hybridized carbons (Fsp3) is 0.0952. The molecule has 25 heavy (non-hydrogen) atoms. The zero-order valence-electron chi connectivity index (χ0n) is 14.0. The number of allylic oxidation sites excluding steroid dienone is 3. The third-order valence-electron chi connectivity index (χ3n) is 3.59. The minimum absolute atomic E-state index is 0.0527. The Labute approximate surface area is 147 Å². The molecule has 2 aromatic carbocycles. The monoisotopic (exact) mass is 336 g/mol. The fourth-order valence-corrected chi connectivity index (χ4v) is 2.27. The van der Waals surface area contributed by atoms with E-state index in [1.54, 1.807) is 49.6 Å². The smallest absolute Gasteiger partial charge is 0.182 e. The van der Waals surface area contributed by atoms with Crippen molar-refractivity contribution in [2.45, 2.75) is 6.42 Å². The van der Waals surface area contributed by atoms with Crippen molar-refractivity contribution in [2.24, 2.45) is 0 Å². The molecule has 0 heterocycles. The van der Waals surface area contributed by atoms with Gasteiger partial charge in [0.2, 0.25) is 0 Å². The second-order valence-corrected chi connectivity index (χ2v) is 5.34. The molecule has 0 bridgehead atoms. The molecule has 2 aromatic rings. The Bertz CT molecular complexity index is 814. The van der Waals surface area contributed by atoms with E-state index in [2.05, 4.69) is 6.58 Å². The largest absolute Gasteiger partial charge is 0.507 e. The van der Waals surface area contributed by atoms with Gasteiger partial charge < -0.3 is 14.9 Å². The maximum Gasteiger partial charge on any atom is 0.182 e. The van der Waals surface area contributed by atoms with Crippen molar-refractivity contribution in [3.63, 3.8) is 0 Å². The van der Waals surface area contributed by atoms with E-state index in [0.29, 0.717) is 12.0 Å². The van der Waals surface area contributed by atoms with Crippen LogP contribution in [0.25, 0.3) is 11.8 Å². The van der Waals surface area contributed by atoms with Gasteiger partial charge >= 0.3 is 0 Å². The third kappa shape index (κ3) is 4.85. The SMILES string of the molecule is C=CCc1cccc(/C(O)=C/C(=O)/C=C/c2ccc(OC)cc2)c1O. The molecule has 0 saturated heterocycles. The number of ether oxygens (including phenoxy) is 1. The molecule has 4 heteroatoms. The van der Waals surface area contributed by atoms with Gasteiger partial charge in [0.25, 0.3) is 0 Å². The molecule has 2 rings (SSSR count). The molecule has 0 unspecified atom stereocenters. The van der Waals surface area contributed by atoms with Gasteiger partial charge in [-0.3, -0.25) is 4.79 Å². The highest BCUT2D eigenvalue weighted by Crippen LogP contribution is 2.28. The van der Waals surface area contributed by atoms with Gasteiger partial charge in [-0.2, -0.15) is 0 Å². The van der Waals surface area contributed by atoms with E-state index >= 15 is 0 Å². The Morgan fingerprint density at radius 1 is 1.20 bits per heavy atom. The second-order valence-electron chi connectivity index (χ2n) is 5.34. The van der Waals surface area contributed by atoms with Crippen LogP contribution >= 0.6 is 0 Å². The summed E-state index contributed by atoms with van der Waals surface area (Å²) in [6.45, 7) is 3.62. The number of carbonyl (C=O) groups is 1. The zero-order chi connectivity index (χ0) is 18.2. The summed E-state index contributed by atoms with van der Waals surface area (Å²) < 4.78 is 5.07. The van der Waals surface area contributed by atoms with E-state index in [9.17, 15) is 15.0 Å². The molecule has 0 aliphatic rings. The van der Waals surface area contributed by atoms with E-state index in [-0.39, 0.29) is 22.9 Å². The first kappa shape index (κ1) is 18.1. The summed E-state index contributed by atoms with van der Waals surface area (Å²) in [7, 11) is 1.58. The van der Waals surface area contributed by atoms with Gasteiger partial charge in [0.15, 0.2) is 5.78 Å². The van der Waals surface area contributed by atoms with Crippen LogP contribution in [0.3, 0.4) is 0 Å². The Kier molecular flexibility index (Phi) is 6.18. The first-order valence-corrected chi connectivity index (χ1v) is 7.74. The summed E-state index contributed by atoms with van der Waals surface area (Å²) in [5.41, 5.74) is 1.68. The number of phenolic OH excluding ortho intramolecular Hbond substituents is 1. The normalized spacial score (nSPS) is 11.5. The number of rotatable bonds is 7. The first-order chi connectivity index (χ1) is 12.0. The van der Waals surface area contributed by atoms with Crippen molar-refractivity contribution in [3.05, 3.63) is 84.0 Å². The van der Waals surface area contributed by atoms with Gasteiger partial charge in [-0.25, -0.2) is 0 Å². The van der Waals surface area contributed by atoms with Crippen LogP contribution in [0.4, 0.5) is 0 Å². The summed E-state index contributed by atoms with van der Waals surface area (Å²) in [6.07, 6.45) is 6.19. The van der Waals surface area contributed by atoms with E-state index in [1.807, 2.05) is 12.1 Å². The maximum absolute atomic E-state index is 12.0. The zero-order valence-corrected chi connectivity index (χ0v) is 14.0. The summed E-state index contributed by atoms with van der Waals surface area (Å²) >= 11 is 0. The quantitative estimate of drug-likeness (QED) is 0.449. The van der Waals surface area contributed by atoms with Gasteiger partial charge in [-0.1, -0.05) is 36.4 Å². The van der Waals surface area contributed by atoms with Crippen LogP contribution in [0.15, 0.2) is 67.3 Å². The highest BCUT2D eigenvalue weighted by atomic mass is 16.5. The summed E-state index contributed by atoms with van der Waals surface area (Å²) in [5, 5.41) is 20.3. The summed E-state index contributed by atoms with van der Waals surface area (Å²) in [6, 6.07) is 12.2. The lowest BCUT2D eigenvalue weighted by atomic mass is 10.0. The standard InChI is InChI=1S/C21H20O4/c1-3-5-16-6-4-7-19(21(16)24)20(23)14-17(22)11-8-15-9-12-18(25-2)13-10-15/h3-4,6-14,23-24H,1,5H2,2H3/b11-8+,20-14-. The van der Waals surface area contributed by atoms with Crippen molar-refractivity contribution in [1.29, 1.82) is 0 Å². The molecule has 0 aliphatic carbocycles. The number of aromatic hydroxyl groups is 1. The number of ketones is 1. The predicted molar refractivity (Wildman–Crippen MR) is 99.6 cm³/mol. The average molecular weight is 336 g/mol. The van der Waals surface area contributed by atoms with Gasteiger partial charge in [-0.05, 0) is 41.8 Å². The van der Waals surface area contributed by atoms with Crippen molar-refractivity contribution < 1.29 is 19.7 Å². The number of methoxy groups -OCH3 is 1. The van der Waals surface area contributed by atoms with Crippen molar-refractivity contribution in [1.82, 2.24) is 0 Å². The van der Waals surface area contributed by atoms with Crippen molar-refractivity contribution in [2.75, 3.05) is 7.11 Å². The molecule has 0 aromatic heterocycles. The molecule has 0 amide bonds. The maximum atomic E-state index is 12.0. The van der Waals surface area contributed by atoms with Crippen LogP contribution in [0.5, 0.6) is 11.5 Å². The molecule has 0 spiro atoms. The van der Waals surface area contributed by atoms with Crippen LogP contribution in [-0.2, 0) is 11.2 Å². The highest BCUT2D eigenvalue weighted by molar-refractivity contribution is 6.05. The topological polar surface area (TPSA) is 66.8 Å². The lowest BCUT2D eigenvalue weighted by Crippen LogP contribution is -1.93. The Morgan fingerprint density at radius 2 is 1.92 bits per heavy atom. The Balaban J connectivity index is 2.15. The fourth-order valence-electron chi connectivity index (χ4n) is 2.27. The van der Waals surface area contributed by atoms with E-state index in [0.717, 1.165) is 17.4 Å². The molecule has 0 saturated carbocycles. The van der Waals surface area contributed by atoms with Crippen LogP contribution in [-0.4, -0.2) is 23.1 Å². The summed E-state index contributed by atoms with van der Waals surface area (Å²) in [5.74, 6) is 0.00798. The molecule has 2 N–H and O–H groups in total. The van der Waals surface area contributed by atoms with E-state index < -0.39 is 0 Å². The Hall–Kier alpha value is -3.27. The number of phenols is 1. The van der Waals surface area contributed by atoms with E-state index in [4.69, 9.17) is 4.74 Å². The summed E-state index contributed by atoms with van der Waals surface area (Å²) in [4.78, 5) is 12.0. The van der Waals surface area contributed by atoms with Crippen molar-refractivity contribution >= 4 is 17.6 Å². The number of aliphatic hydroxyl groups excluding tert-OH is 1. The van der Waals surface area contributed by atoms with Gasteiger partial charge in [-0.15, -0.1) is 6.58 Å². The van der Waals surface area contributed by atoms with Crippen LogP contribution < -0.4 is 4.74 Å². The van der Waals surface area contributed by atoms with Crippen molar-refractivity contribution in [3.8, 4) is 11.5 Å². The number of carbonyl (C=O) groups excluding carboxylic acids is 1. The molecule has 4 nitrogen and oxygen atoms in total. The molecule has 0 aliphatic heterocycles. The lowest BCUT2D eigenvalue weighted by Gasteiger charge is -2.07. The Morgan fingerprint density at radius 3 is 2.56 bits per heavy atom. The van der Waals surface area contributed by atoms with Crippen LogP contribution in [0.1, 0.15) is 16.7 Å². The number of hydrogen-bond donors (Lipinski definition) is 2. The number of benzene rings is 2. The average Bonchev–Trinajstić information content (AvgIpc) is 2.62. The molecular formula is C21H20O4. The van der Waals surface area contributed by atoms with Crippen LogP contribution in [0.2, 0.25) is 0 Å². The molecule has 0 radical (unpaired) electrons. The number of para-hydroxylation sites is 1. The molecule has 128 valence electrons. The minimum atomic E-state index is -0.387. The number of aliphatic hydroxyl groups is 1. The minimum Gasteiger partial charge on any atom is -0.507 e. The predicted octanol–water partition coefficient (Wildman–Crippen LogP) is 4.31. The molecular weight excluding hydrogens is 316 g/mol. The van der Waals surface area contributed by atoms with Crippen LogP contribution in [0, 0.1) is 0 Å². The van der Waals surface area contributed by atoms with Gasteiger partial charge in [0.1, 0.15) is 17.3 Å². The third-order valence-corrected chi connectivity index (χ3v) is 3.59. The lowest BCUT2D eigenvalue weighted by molar-refractivity contribution is -0.110. The molecule has 0 fully saturated rings. The second kappa shape index (κ2) is 8.55. The van der Waals surface area contributed by atoms with Gasteiger partial charge in [0.05, 0.1) is 12.7 Å². The van der Waals surface area contributed by atoms with E-state index in [1.165, 1.54) is 6.08 Å². The number of hydrogen-bond acceptors (Lipinski definition) is 4. The van der Waals surface area contributed by atoms with Gasteiger partial charge in [0, 0.05) is 6.08 Å². The molecule has 0 atom stereocenters. The first-order valence-electron chi connectivity index (χ1n) is 7.74.